The number of fused-ring (bicyclic) bond motifs is 3. The van der Waals surface area contributed by atoms with Crippen molar-refractivity contribution >= 4 is 150 Å². The van der Waals surface area contributed by atoms with E-state index in [1.54, 1.807) is 29.1 Å². The standard InChI is InChI=1S/C24H38S2Si.C16H34Cl2Si.C14H20Br2S2Si2/c1-5-6-7-8-17-27(18-14-20(4)11-9-10-19(2)3)21-12-15-25-23(21)24-22(27)13-16-26-24;1-5-6-7-8-13-19(17,18)14-12-16(4)11-9-10-15(2)3;1-19(2,3)11-7-9(15)13(17-11)14-10(16)8-12(18-14)20(4,5)6/h12-13,15-16,19-20H,5-11,14,17-18H2,1-4H3;15-16H,5-14H2,1-4H3;7-8H,1-6H3. The van der Waals surface area contributed by atoms with E-state index in [-0.39, 0.29) is 0 Å². The molecule has 2 atom stereocenters. The molecule has 0 fully saturated rings. The Bertz CT molecular complexity index is 1850. The SMILES string of the molecule is CCCCCC[Si](Cl)(Cl)CCC(C)CCCC(C)C.CCCCCC[Si]1(CCC(C)CCCC(C)C)c2ccsc2-c2sccc21.C[Si](C)(C)c1cc(Br)c(-c2sc([Si](C)(C)C)cc2Br)s1. The highest BCUT2D eigenvalue weighted by Gasteiger charge is 2.46. The molecule has 0 saturated carbocycles. The first-order chi connectivity index (χ1) is 31.0. The molecule has 0 spiro atoms. The molecule has 12 heteroatoms. The predicted octanol–water partition coefficient (Wildman–Crippen LogP) is 21.2. The fourth-order valence-corrected chi connectivity index (χ4v) is 29.9. The van der Waals surface area contributed by atoms with Crippen LogP contribution in [0.25, 0.3) is 19.5 Å². The van der Waals surface area contributed by atoms with Crippen LogP contribution in [0.4, 0.5) is 0 Å². The zero-order valence-electron chi connectivity index (χ0n) is 44.1. The van der Waals surface area contributed by atoms with Gasteiger partial charge in [0.2, 0.25) is 0 Å². The van der Waals surface area contributed by atoms with Crippen LogP contribution < -0.4 is 19.4 Å². The van der Waals surface area contributed by atoms with Crippen LogP contribution in [0.2, 0.25) is 63.5 Å². The monoisotopic (exact) mass is 1210 g/mol. The number of halogens is 4. The zero-order chi connectivity index (χ0) is 49.3. The summed E-state index contributed by atoms with van der Waals surface area (Å²) in [5, 5.41) is 8.35. The maximum atomic E-state index is 6.55. The van der Waals surface area contributed by atoms with Gasteiger partial charge in [0, 0.05) is 18.7 Å². The summed E-state index contributed by atoms with van der Waals surface area (Å²) in [7, 11) is -4.00. The molecule has 5 heterocycles. The van der Waals surface area contributed by atoms with Gasteiger partial charge in [-0.25, -0.2) is 0 Å². The minimum absolute atomic E-state index is 0.791. The van der Waals surface area contributed by atoms with Crippen molar-refractivity contribution in [3.63, 3.8) is 0 Å². The molecule has 0 saturated heterocycles. The van der Waals surface area contributed by atoms with Crippen molar-refractivity contribution in [2.24, 2.45) is 23.7 Å². The van der Waals surface area contributed by atoms with Crippen LogP contribution in [-0.2, 0) is 0 Å². The molecule has 0 N–H and O–H groups in total. The third kappa shape index (κ3) is 20.3. The summed E-state index contributed by atoms with van der Waals surface area (Å²) in [6.07, 6.45) is 21.7. The maximum Gasteiger partial charge on any atom is 0.251 e. The van der Waals surface area contributed by atoms with Crippen LogP contribution in [0.15, 0.2) is 44.0 Å². The second-order valence-electron chi connectivity index (χ2n) is 22.9. The number of rotatable bonds is 27. The maximum absolute atomic E-state index is 6.55. The lowest BCUT2D eigenvalue weighted by Gasteiger charge is -2.30. The Hall–Kier alpha value is 1.21. The van der Waals surface area contributed by atoms with Crippen molar-refractivity contribution in [2.45, 2.75) is 222 Å². The van der Waals surface area contributed by atoms with E-state index in [0.29, 0.717) is 0 Å². The van der Waals surface area contributed by atoms with Gasteiger partial charge in [-0.3, -0.25) is 0 Å². The van der Waals surface area contributed by atoms with Crippen LogP contribution in [0.1, 0.15) is 158 Å². The Balaban J connectivity index is 0.000000269. The van der Waals surface area contributed by atoms with Crippen molar-refractivity contribution in [2.75, 3.05) is 0 Å². The molecule has 376 valence electrons. The smallest absolute Gasteiger partial charge is 0.146 e. The third-order valence-corrected chi connectivity index (χ3v) is 36.8. The molecule has 4 aromatic rings. The van der Waals surface area contributed by atoms with Gasteiger partial charge < -0.3 is 0 Å². The van der Waals surface area contributed by atoms with Crippen molar-refractivity contribution in [3.8, 4) is 19.5 Å². The molecule has 1 aliphatic heterocycles. The average Bonchev–Trinajstić information content (AvgIpc) is 4.07. The van der Waals surface area contributed by atoms with Gasteiger partial charge in [0.25, 0.3) is 6.69 Å². The molecule has 4 aromatic heterocycles. The van der Waals surface area contributed by atoms with Crippen LogP contribution in [0.3, 0.4) is 0 Å². The molecule has 0 aliphatic carbocycles. The Morgan fingerprint density at radius 3 is 1.36 bits per heavy atom. The molecule has 0 amide bonds. The third-order valence-electron chi connectivity index (χ3n) is 13.5. The minimum Gasteiger partial charge on any atom is -0.146 e. The van der Waals surface area contributed by atoms with E-state index in [0.717, 1.165) is 35.8 Å². The molecule has 2 unspecified atom stereocenters. The van der Waals surface area contributed by atoms with Gasteiger partial charge in [0.15, 0.2) is 0 Å². The van der Waals surface area contributed by atoms with Gasteiger partial charge in [0.1, 0.15) is 8.07 Å². The Labute approximate surface area is 453 Å². The number of hydrogen-bond donors (Lipinski definition) is 0. The van der Waals surface area contributed by atoms with Crippen LogP contribution in [-0.4, -0.2) is 30.9 Å². The second kappa shape index (κ2) is 29.8. The van der Waals surface area contributed by atoms with Crippen LogP contribution in [0, 0.1) is 23.7 Å². The summed E-state index contributed by atoms with van der Waals surface area (Å²) in [6, 6.07) is 14.9. The molecular formula is C54H92Br2Cl2S4Si4. The molecule has 1 aliphatic rings. The number of hydrogen-bond acceptors (Lipinski definition) is 4. The summed E-state index contributed by atoms with van der Waals surface area (Å²) >= 11 is 28.6. The van der Waals surface area contributed by atoms with Gasteiger partial charge in [-0.2, -0.15) is 0 Å². The second-order valence-corrected chi connectivity index (χ2v) is 51.2. The highest BCUT2D eigenvalue weighted by atomic mass is 79.9. The Morgan fingerprint density at radius 1 is 0.515 bits per heavy atom. The molecule has 5 rings (SSSR count). The van der Waals surface area contributed by atoms with E-state index in [2.05, 4.69) is 162 Å². The van der Waals surface area contributed by atoms with Crippen LogP contribution >= 0.6 is 99.4 Å². The lowest BCUT2D eigenvalue weighted by molar-refractivity contribution is 0.447. The molecule has 0 nitrogen and oxygen atoms in total. The largest absolute Gasteiger partial charge is 0.251 e. The van der Waals surface area contributed by atoms with Gasteiger partial charge in [-0.05, 0) is 122 Å². The van der Waals surface area contributed by atoms with E-state index < -0.39 is 30.9 Å². The highest BCUT2D eigenvalue weighted by Crippen LogP contribution is 2.43. The summed E-state index contributed by atoms with van der Waals surface area (Å²) in [4.78, 5) is 6.08. The Kier molecular flexibility index (Phi) is 27.8. The average molecular weight is 1210 g/mol. The van der Waals surface area contributed by atoms with Crippen molar-refractivity contribution in [3.05, 3.63) is 44.0 Å². The first kappa shape index (κ1) is 61.5. The van der Waals surface area contributed by atoms with E-state index in [4.69, 9.17) is 22.2 Å². The quantitative estimate of drug-likeness (QED) is 0.0317. The van der Waals surface area contributed by atoms with Gasteiger partial charge in [-0.15, -0.1) is 67.5 Å². The molecule has 0 radical (unpaired) electrons. The predicted molar refractivity (Wildman–Crippen MR) is 332 cm³/mol. The first-order valence-electron chi connectivity index (χ1n) is 26.1. The van der Waals surface area contributed by atoms with E-state index in [1.165, 1.54) is 134 Å². The molecule has 0 bridgehead atoms. The van der Waals surface area contributed by atoms with Crippen molar-refractivity contribution in [1.82, 2.24) is 0 Å². The summed E-state index contributed by atoms with van der Waals surface area (Å²) in [6.45, 7) is 31.3. The van der Waals surface area contributed by atoms with Crippen molar-refractivity contribution < 1.29 is 0 Å². The molecule has 0 aromatic carbocycles. The van der Waals surface area contributed by atoms with Crippen LogP contribution in [0.5, 0.6) is 0 Å². The summed E-state index contributed by atoms with van der Waals surface area (Å²) in [5.41, 5.74) is 0. The number of unbranched alkanes of at least 4 members (excludes halogenated alkanes) is 6. The van der Waals surface area contributed by atoms with E-state index >= 15 is 0 Å². The Morgan fingerprint density at radius 2 is 0.955 bits per heavy atom. The van der Waals surface area contributed by atoms with E-state index in [9.17, 15) is 0 Å². The number of thiophene rings is 4. The first-order valence-corrected chi connectivity index (χ1v) is 44.9. The van der Waals surface area contributed by atoms with Gasteiger partial charge in [0.05, 0.1) is 25.9 Å². The van der Waals surface area contributed by atoms with Gasteiger partial charge >= 0.3 is 0 Å². The van der Waals surface area contributed by atoms with Gasteiger partial charge in [-0.1, -0.05) is 210 Å². The van der Waals surface area contributed by atoms with Crippen molar-refractivity contribution in [1.29, 1.82) is 0 Å². The fraction of sp³-hybridized carbons (Fsp3) is 0.704. The molecule has 66 heavy (non-hydrogen) atoms. The normalized spacial score (nSPS) is 14.5. The molecular weight excluding hydrogens is 1120 g/mol. The zero-order valence-corrected chi connectivity index (χ0v) is 56.0. The summed E-state index contributed by atoms with van der Waals surface area (Å²) < 4.78 is 5.64. The van der Waals surface area contributed by atoms with E-state index in [1.807, 2.05) is 45.3 Å². The minimum atomic E-state index is -1.93. The fourth-order valence-electron chi connectivity index (χ4n) is 9.10. The topological polar surface area (TPSA) is 0 Å². The lowest BCUT2D eigenvalue weighted by Crippen LogP contribution is -2.54. The summed E-state index contributed by atoms with van der Waals surface area (Å²) in [5.74, 6) is 3.36. The lowest BCUT2D eigenvalue weighted by atomic mass is 9.98. The highest BCUT2D eigenvalue weighted by molar-refractivity contribution is 9.11.